The summed E-state index contributed by atoms with van der Waals surface area (Å²) in [5, 5.41) is 0. The van der Waals surface area contributed by atoms with Crippen LogP contribution in [-0.4, -0.2) is 4.98 Å². The van der Waals surface area contributed by atoms with Gasteiger partial charge in [0.25, 0.3) is 0 Å². The molecule has 1 rings (SSSR count). The molecule has 0 aromatic carbocycles. The van der Waals surface area contributed by atoms with Crippen LogP contribution in [0.15, 0.2) is 30.6 Å². The van der Waals surface area contributed by atoms with Crippen molar-refractivity contribution in [2.24, 2.45) is 0 Å². The second-order valence-electron chi connectivity index (χ2n) is 3.18. The van der Waals surface area contributed by atoms with Gasteiger partial charge in [0.15, 0.2) is 0 Å². The van der Waals surface area contributed by atoms with Gasteiger partial charge in [0.2, 0.25) is 0 Å². The van der Waals surface area contributed by atoms with Crippen molar-refractivity contribution in [2.75, 3.05) is 0 Å². The number of allylic oxidation sites excluding steroid dienone is 1. The minimum absolute atomic E-state index is 1.18. The average Bonchev–Trinajstić information content (AvgIpc) is 2.19. The third-order valence-corrected chi connectivity index (χ3v) is 1.97. The van der Waals surface area contributed by atoms with E-state index in [2.05, 4.69) is 30.1 Å². The number of hydrogen-bond acceptors (Lipinski definition) is 1. The summed E-state index contributed by atoms with van der Waals surface area (Å²) in [4.78, 5) is 4.05. The number of nitrogens with zero attached hydrogens (tertiary/aromatic N) is 1. The van der Waals surface area contributed by atoms with E-state index in [4.69, 9.17) is 0 Å². The summed E-state index contributed by atoms with van der Waals surface area (Å²) in [5.41, 5.74) is 1.19. The van der Waals surface area contributed by atoms with E-state index in [1.165, 1.54) is 31.2 Å². The monoisotopic (exact) mass is 175 g/mol. The molecule has 0 saturated heterocycles. The maximum atomic E-state index is 4.05. The Balaban J connectivity index is 2.25. The van der Waals surface area contributed by atoms with Crippen LogP contribution < -0.4 is 0 Å². The first-order chi connectivity index (χ1) is 6.43. The number of pyridine rings is 1. The average molecular weight is 175 g/mol. The van der Waals surface area contributed by atoms with Gasteiger partial charge in [0.1, 0.15) is 0 Å². The SMILES string of the molecule is CCCCCC=Cc1cccnc1. The zero-order valence-electron chi connectivity index (χ0n) is 8.24. The fourth-order valence-electron chi connectivity index (χ4n) is 1.21. The predicted molar refractivity (Wildman–Crippen MR) is 57.4 cm³/mol. The Kier molecular flexibility index (Phi) is 4.92. The topological polar surface area (TPSA) is 12.9 Å². The lowest BCUT2D eigenvalue weighted by Crippen LogP contribution is -1.74. The summed E-state index contributed by atoms with van der Waals surface area (Å²) in [6.07, 6.45) is 13.2. The highest BCUT2D eigenvalue weighted by Gasteiger charge is 1.84. The Bertz CT molecular complexity index is 239. The standard InChI is InChI=1S/C12H17N/c1-2-3-4-5-6-8-12-9-7-10-13-11-12/h6-11H,2-5H2,1H3. The van der Waals surface area contributed by atoms with Crippen molar-refractivity contribution >= 4 is 6.08 Å². The molecule has 1 heteroatoms. The Morgan fingerprint density at radius 3 is 3.00 bits per heavy atom. The van der Waals surface area contributed by atoms with E-state index in [1.807, 2.05) is 12.3 Å². The van der Waals surface area contributed by atoms with Gasteiger partial charge in [-0.25, -0.2) is 0 Å². The molecule has 1 aromatic heterocycles. The van der Waals surface area contributed by atoms with Crippen molar-refractivity contribution in [3.8, 4) is 0 Å². The molecule has 0 aliphatic rings. The molecule has 0 aliphatic carbocycles. The number of aromatic nitrogens is 1. The third kappa shape index (κ3) is 4.46. The first-order valence-corrected chi connectivity index (χ1v) is 5.00. The molecule has 1 aromatic rings. The van der Waals surface area contributed by atoms with E-state index in [-0.39, 0.29) is 0 Å². The van der Waals surface area contributed by atoms with Crippen LogP contribution in [0.4, 0.5) is 0 Å². The smallest absolute Gasteiger partial charge is 0.0340 e. The molecule has 0 fully saturated rings. The molecule has 13 heavy (non-hydrogen) atoms. The van der Waals surface area contributed by atoms with Crippen molar-refractivity contribution in [3.05, 3.63) is 36.2 Å². The van der Waals surface area contributed by atoms with Crippen LogP contribution in [0.2, 0.25) is 0 Å². The largest absolute Gasteiger partial charge is 0.264 e. The van der Waals surface area contributed by atoms with Gasteiger partial charge in [-0.1, -0.05) is 38.0 Å². The molecule has 1 nitrogen and oxygen atoms in total. The zero-order valence-corrected chi connectivity index (χ0v) is 8.24. The van der Waals surface area contributed by atoms with Gasteiger partial charge >= 0.3 is 0 Å². The second-order valence-corrected chi connectivity index (χ2v) is 3.18. The third-order valence-electron chi connectivity index (χ3n) is 1.97. The number of hydrogen-bond donors (Lipinski definition) is 0. The predicted octanol–water partition coefficient (Wildman–Crippen LogP) is 3.68. The van der Waals surface area contributed by atoms with Gasteiger partial charge in [-0.05, 0) is 24.5 Å². The molecule has 0 saturated carbocycles. The van der Waals surface area contributed by atoms with Crippen molar-refractivity contribution in [1.82, 2.24) is 4.98 Å². The van der Waals surface area contributed by atoms with Crippen LogP contribution in [-0.2, 0) is 0 Å². The van der Waals surface area contributed by atoms with Crippen molar-refractivity contribution < 1.29 is 0 Å². The molecule has 1 heterocycles. The van der Waals surface area contributed by atoms with E-state index in [0.29, 0.717) is 0 Å². The van der Waals surface area contributed by atoms with Gasteiger partial charge in [-0.3, -0.25) is 4.98 Å². The molecule has 0 aliphatic heterocycles. The van der Waals surface area contributed by atoms with Crippen LogP contribution in [0.1, 0.15) is 38.2 Å². The van der Waals surface area contributed by atoms with Gasteiger partial charge in [0, 0.05) is 12.4 Å². The lowest BCUT2D eigenvalue weighted by molar-refractivity contribution is 0.730. The fourth-order valence-corrected chi connectivity index (χ4v) is 1.21. The van der Waals surface area contributed by atoms with Crippen molar-refractivity contribution in [3.63, 3.8) is 0 Å². The highest BCUT2D eigenvalue weighted by atomic mass is 14.6. The molecule has 0 atom stereocenters. The molecule has 0 unspecified atom stereocenters. The Labute approximate surface area is 80.5 Å². The second kappa shape index (κ2) is 6.41. The van der Waals surface area contributed by atoms with Crippen LogP contribution in [0, 0.1) is 0 Å². The Morgan fingerprint density at radius 1 is 1.38 bits per heavy atom. The summed E-state index contributed by atoms with van der Waals surface area (Å²) in [6.45, 7) is 2.23. The molecule has 0 bridgehead atoms. The van der Waals surface area contributed by atoms with Crippen LogP contribution in [0.25, 0.3) is 6.08 Å². The molecular formula is C12H17N. The highest BCUT2D eigenvalue weighted by Crippen LogP contribution is 2.03. The summed E-state index contributed by atoms with van der Waals surface area (Å²) in [5.74, 6) is 0. The van der Waals surface area contributed by atoms with Gasteiger partial charge in [0.05, 0.1) is 0 Å². The summed E-state index contributed by atoms with van der Waals surface area (Å²) in [7, 11) is 0. The fraction of sp³-hybridized carbons (Fsp3) is 0.417. The molecular weight excluding hydrogens is 158 g/mol. The molecule has 0 amide bonds. The van der Waals surface area contributed by atoms with Crippen LogP contribution in [0.3, 0.4) is 0 Å². The molecule has 0 spiro atoms. The minimum atomic E-state index is 1.18. The van der Waals surface area contributed by atoms with Crippen molar-refractivity contribution in [1.29, 1.82) is 0 Å². The summed E-state index contributed by atoms with van der Waals surface area (Å²) in [6, 6.07) is 4.04. The van der Waals surface area contributed by atoms with E-state index in [0.717, 1.165) is 0 Å². The first-order valence-electron chi connectivity index (χ1n) is 5.00. The van der Waals surface area contributed by atoms with Gasteiger partial charge < -0.3 is 0 Å². The van der Waals surface area contributed by atoms with Crippen molar-refractivity contribution in [2.45, 2.75) is 32.6 Å². The Morgan fingerprint density at radius 2 is 2.31 bits per heavy atom. The van der Waals surface area contributed by atoms with E-state index in [9.17, 15) is 0 Å². The minimum Gasteiger partial charge on any atom is -0.264 e. The summed E-state index contributed by atoms with van der Waals surface area (Å²) < 4.78 is 0. The lowest BCUT2D eigenvalue weighted by atomic mass is 10.2. The number of unbranched alkanes of at least 4 members (excludes halogenated alkanes) is 3. The maximum absolute atomic E-state index is 4.05. The van der Waals surface area contributed by atoms with E-state index < -0.39 is 0 Å². The normalized spacial score (nSPS) is 10.8. The van der Waals surface area contributed by atoms with Crippen LogP contribution >= 0.6 is 0 Å². The molecule has 70 valence electrons. The zero-order chi connectivity index (χ0) is 9.36. The number of rotatable bonds is 5. The van der Waals surface area contributed by atoms with Gasteiger partial charge in [-0.15, -0.1) is 0 Å². The maximum Gasteiger partial charge on any atom is 0.0340 e. The van der Waals surface area contributed by atoms with E-state index >= 15 is 0 Å². The quantitative estimate of drug-likeness (QED) is 0.622. The van der Waals surface area contributed by atoms with E-state index in [1.54, 1.807) is 6.20 Å². The van der Waals surface area contributed by atoms with Crippen LogP contribution in [0.5, 0.6) is 0 Å². The Hall–Kier alpha value is -1.11. The molecule has 0 radical (unpaired) electrons. The first kappa shape index (κ1) is 9.97. The lowest BCUT2D eigenvalue weighted by Gasteiger charge is -1.92. The summed E-state index contributed by atoms with van der Waals surface area (Å²) >= 11 is 0. The molecule has 0 N–H and O–H groups in total. The highest BCUT2D eigenvalue weighted by molar-refractivity contribution is 5.46. The van der Waals surface area contributed by atoms with Gasteiger partial charge in [-0.2, -0.15) is 0 Å².